The van der Waals surface area contributed by atoms with E-state index in [-0.39, 0.29) is 5.91 Å². The lowest BCUT2D eigenvalue weighted by molar-refractivity contribution is 0.0953. The maximum atomic E-state index is 12.3. The van der Waals surface area contributed by atoms with Gasteiger partial charge in [-0.2, -0.15) is 5.10 Å². The van der Waals surface area contributed by atoms with Gasteiger partial charge in [0, 0.05) is 25.6 Å². The molecule has 0 bridgehead atoms. The minimum absolute atomic E-state index is 0.200. The highest BCUT2D eigenvalue weighted by atomic mass is 79.9. The normalized spacial score (nSPS) is 10.5. The molecule has 7 nitrogen and oxygen atoms in total. The number of H-pyrrole nitrogens is 1. The molecule has 0 aliphatic heterocycles. The van der Waals surface area contributed by atoms with E-state index in [1.54, 1.807) is 16.7 Å². The molecule has 1 amide bonds. The van der Waals surface area contributed by atoms with Crippen LogP contribution in [0.5, 0.6) is 11.5 Å². The van der Waals surface area contributed by atoms with E-state index in [2.05, 4.69) is 31.4 Å². The number of carbonyl (C=O) groups excluding carboxylic acids is 1. The van der Waals surface area contributed by atoms with E-state index >= 15 is 0 Å². The summed E-state index contributed by atoms with van der Waals surface area (Å²) in [6, 6.07) is 3.36. The van der Waals surface area contributed by atoms with Crippen molar-refractivity contribution in [3.63, 3.8) is 0 Å². The molecule has 1 aromatic heterocycles. The van der Waals surface area contributed by atoms with Gasteiger partial charge in [-0.15, -0.1) is 0 Å². The van der Waals surface area contributed by atoms with Crippen molar-refractivity contribution >= 4 is 34.1 Å². The van der Waals surface area contributed by atoms with E-state index in [1.807, 2.05) is 14.0 Å². The third-order valence-corrected chi connectivity index (χ3v) is 4.34. The van der Waals surface area contributed by atoms with Gasteiger partial charge in [0.05, 0.1) is 18.2 Å². The van der Waals surface area contributed by atoms with Crippen LogP contribution in [0, 0.1) is 4.77 Å². The van der Waals surface area contributed by atoms with Crippen LogP contribution in [-0.4, -0.2) is 40.9 Å². The first-order valence-corrected chi connectivity index (χ1v) is 8.56. The highest BCUT2D eigenvalue weighted by Gasteiger charge is 2.15. The fourth-order valence-electron chi connectivity index (χ4n) is 2.13. The molecule has 0 spiro atoms. The molecule has 0 atom stereocenters. The number of rotatable bonds is 7. The van der Waals surface area contributed by atoms with E-state index in [4.69, 9.17) is 21.7 Å². The fraction of sp³-hybridized carbons (Fsp3) is 0.400. The zero-order chi connectivity index (χ0) is 17.7. The van der Waals surface area contributed by atoms with Gasteiger partial charge in [-0.3, -0.25) is 9.89 Å². The van der Waals surface area contributed by atoms with Crippen LogP contribution in [-0.2, 0) is 13.5 Å². The number of methoxy groups -OCH3 is 1. The summed E-state index contributed by atoms with van der Waals surface area (Å²) in [4.78, 5) is 12.3. The average Bonchev–Trinajstić information content (AvgIpc) is 2.88. The number of aromatic nitrogens is 3. The Kier molecular flexibility index (Phi) is 6.38. The summed E-state index contributed by atoms with van der Waals surface area (Å²) in [6.45, 7) is 2.83. The first-order valence-electron chi connectivity index (χ1n) is 7.36. The first kappa shape index (κ1) is 18.5. The largest absolute Gasteiger partial charge is 0.493 e. The lowest BCUT2D eigenvalue weighted by atomic mass is 10.2. The molecular weight excluding hydrogens is 396 g/mol. The minimum Gasteiger partial charge on any atom is -0.493 e. The number of hydrogen-bond donors (Lipinski definition) is 2. The highest BCUT2D eigenvalue weighted by Crippen LogP contribution is 2.36. The lowest BCUT2D eigenvalue weighted by Crippen LogP contribution is -2.26. The molecule has 1 aromatic carbocycles. The van der Waals surface area contributed by atoms with Gasteiger partial charge in [0.1, 0.15) is 5.82 Å². The Balaban J connectivity index is 2.05. The molecule has 0 fully saturated rings. The Morgan fingerprint density at radius 3 is 2.83 bits per heavy atom. The molecule has 0 unspecified atom stereocenters. The zero-order valence-corrected chi connectivity index (χ0v) is 16.1. The summed E-state index contributed by atoms with van der Waals surface area (Å²) in [6.07, 6.45) is 0.574. The topological polar surface area (TPSA) is 81.2 Å². The molecular formula is C15H19BrN4O3S. The van der Waals surface area contributed by atoms with Crippen molar-refractivity contribution < 1.29 is 14.3 Å². The molecule has 9 heteroatoms. The van der Waals surface area contributed by atoms with Crippen LogP contribution in [0.2, 0.25) is 0 Å². The van der Waals surface area contributed by atoms with Crippen molar-refractivity contribution in [2.45, 2.75) is 13.3 Å². The number of amides is 1. The van der Waals surface area contributed by atoms with E-state index < -0.39 is 0 Å². The minimum atomic E-state index is -0.200. The molecule has 24 heavy (non-hydrogen) atoms. The summed E-state index contributed by atoms with van der Waals surface area (Å²) >= 11 is 8.47. The van der Waals surface area contributed by atoms with E-state index in [9.17, 15) is 4.79 Å². The van der Waals surface area contributed by atoms with E-state index in [0.29, 0.717) is 45.9 Å². The Labute approximate surface area is 153 Å². The van der Waals surface area contributed by atoms with Gasteiger partial charge in [-0.05, 0) is 47.2 Å². The van der Waals surface area contributed by atoms with Gasteiger partial charge in [-0.1, -0.05) is 0 Å². The number of aromatic amines is 1. The second kappa shape index (κ2) is 8.29. The second-order valence-electron chi connectivity index (χ2n) is 4.93. The molecule has 0 aliphatic rings. The average molecular weight is 415 g/mol. The number of carbonyl (C=O) groups is 1. The van der Waals surface area contributed by atoms with Gasteiger partial charge >= 0.3 is 0 Å². The van der Waals surface area contributed by atoms with Crippen molar-refractivity contribution in [2.75, 3.05) is 20.3 Å². The van der Waals surface area contributed by atoms with Crippen molar-refractivity contribution in [3.8, 4) is 11.5 Å². The molecule has 130 valence electrons. The van der Waals surface area contributed by atoms with Crippen molar-refractivity contribution in [2.24, 2.45) is 7.05 Å². The molecule has 2 rings (SSSR count). The number of hydrogen-bond acceptors (Lipinski definition) is 5. The number of ether oxygens (including phenoxy) is 2. The zero-order valence-electron chi connectivity index (χ0n) is 13.7. The van der Waals surface area contributed by atoms with Crippen molar-refractivity contribution in [1.82, 2.24) is 20.1 Å². The lowest BCUT2D eigenvalue weighted by Gasteiger charge is -2.13. The van der Waals surface area contributed by atoms with Crippen molar-refractivity contribution in [3.05, 3.63) is 32.8 Å². The van der Waals surface area contributed by atoms with Crippen LogP contribution >= 0.6 is 28.1 Å². The van der Waals surface area contributed by atoms with Crippen LogP contribution in [0.3, 0.4) is 0 Å². The summed E-state index contributed by atoms with van der Waals surface area (Å²) < 4.78 is 13.8. The molecule has 2 aromatic rings. The van der Waals surface area contributed by atoms with E-state index in [0.717, 1.165) is 5.82 Å². The first-order chi connectivity index (χ1) is 11.5. The number of nitrogens with zero attached hydrogens (tertiary/aromatic N) is 2. The van der Waals surface area contributed by atoms with Gasteiger partial charge in [-0.25, -0.2) is 0 Å². The highest BCUT2D eigenvalue weighted by molar-refractivity contribution is 9.10. The van der Waals surface area contributed by atoms with Crippen LogP contribution in [0.25, 0.3) is 0 Å². The predicted molar refractivity (Wildman–Crippen MR) is 96.3 cm³/mol. The number of halogens is 1. The summed E-state index contributed by atoms with van der Waals surface area (Å²) in [5.74, 6) is 1.67. The summed E-state index contributed by atoms with van der Waals surface area (Å²) in [5.41, 5.74) is 0.484. The quantitative estimate of drug-likeness (QED) is 0.680. The molecule has 0 saturated carbocycles. The third kappa shape index (κ3) is 4.15. The maximum absolute atomic E-state index is 12.3. The monoisotopic (exact) mass is 414 g/mol. The Morgan fingerprint density at radius 2 is 2.25 bits per heavy atom. The Morgan fingerprint density at radius 1 is 1.50 bits per heavy atom. The van der Waals surface area contributed by atoms with Crippen molar-refractivity contribution in [1.29, 1.82) is 0 Å². The van der Waals surface area contributed by atoms with Gasteiger partial charge in [0.25, 0.3) is 5.91 Å². The number of benzene rings is 1. The molecule has 0 radical (unpaired) electrons. The third-order valence-electron chi connectivity index (χ3n) is 3.39. The number of nitrogens with one attached hydrogen (secondary N) is 2. The smallest absolute Gasteiger partial charge is 0.251 e. The summed E-state index contributed by atoms with van der Waals surface area (Å²) in [5, 5.41) is 9.68. The van der Waals surface area contributed by atoms with Gasteiger partial charge in [0.15, 0.2) is 16.3 Å². The SMILES string of the molecule is CCOc1c(Br)cc(C(=O)NCCc2n[nH]c(=S)n2C)cc1OC. The van der Waals surface area contributed by atoms with Crippen LogP contribution in [0.4, 0.5) is 0 Å². The van der Waals surface area contributed by atoms with Crippen LogP contribution < -0.4 is 14.8 Å². The summed E-state index contributed by atoms with van der Waals surface area (Å²) in [7, 11) is 3.37. The second-order valence-corrected chi connectivity index (χ2v) is 6.17. The van der Waals surface area contributed by atoms with Crippen LogP contribution in [0.15, 0.2) is 16.6 Å². The maximum Gasteiger partial charge on any atom is 0.251 e. The standard InChI is InChI=1S/C15H19BrN4O3S/c1-4-23-13-10(16)7-9(8-11(13)22-3)14(21)17-6-5-12-18-19-15(24)20(12)2/h7-8H,4-6H2,1-3H3,(H,17,21)(H,19,24). The van der Waals surface area contributed by atoms with Gasteiger partial charge in [0.2, 0.25) is 0 Å². The predicted octanol–water partition coefficient (Wildman–Crippen LogP) is 2.62. The Bertz CT molecular complexity index is 788. The Hall–Kier alpha value is -1.87. The molecule has 0 saturated heterocycles. The fourth-order valence-corrected chi connectivity index (χ4v) is 2.84. The molecule has 0 aliphatic carbocycles. The molecule has 1 heterocycles. The van der Waals surface area contributed by atoms with E-state index in [1.165, 1.54) is 7.11 Å². The van der Waals surface area contributed by atoms with Crippen LogP contribution in [0.1, 0.15) is 23.1 Å². The molecule has 2 N–H and O–H groups in total. The van der Waals surface area contributed by atoms with Gasteiger partial charge < -0.3 is 19.4 Å².